The highest BCUT2D eigenvalue weighted by atomic mass is 16.5. The highest BCUT2D eigenvalue weighted by molar-refractivity contribution is 5.94. The van der Waals surface area contributed by atoms with Crippen molar-refractivity contribution < 1.29 is 19.0 Å². The molecule has 0 radical (unpaired) electrons. The van der Waals surface area contributed by atoms with Gasteiger partial charge in [0.25, 0.3) is 5.91 Å². The highest BCUT2D eigenvalue weighted by Crippen LogP contribution is 2.28. The van der Waals surface area contributed by atoms with Gasteiger partial charge in [-0.1, -0.05) is 0 Å². The van der Waals surface area contributed by atoms with Crippen LogP contribution in [0, 0.1) is 0 Å². The van der Waals surface area contributed by atoms with Crippen LogP contribution in [-0.4, -0.2) is 63.4 Å². The van der Waals surface area contributed by atoms with Crippen molar-refractivity contribution in [1.29, 1.82) is 0 Å². The summed E-state index contributed by atoms with van der Waals surface area (Å²) in [5.41, 5.74) is 0.582. The predicted molar refractivity (Wildman–Crippen MR) is 88.4 cm³/mol. The van der Waals surface area contributed by atoms with Crippen LogP contribution in [0.15, 0.2) is 18.2 Å². The van der Waals surface area contributed by atoms with Crippen molar-refractivity contribution in [2.75, 3.05) is 52.6 Å². The maximum Gasteiger partial charge on any atom is 0.251 e. The summed E-state index contributed by atoms with van der Waals surface area (Å²) in [6.45, 7) is 9.76. The van der Waals surface area contributed by atoms with Gasteiger partial charge in [0.1, 0.15) is 0 Å². The second-order valence-electron chi connectivity index (χ2n) is 5.24. The molecule has 1 fully saturated rings. The van der Waals surface area contributed by atoms with Gasteiger partial charge in [-0.15, -0.1) is 0 Å². The normalized spacial score (nSPS) is 15.2. The predicted octanol–water partition coefficient (Wildman–Crippen LogP) is 1.55. The molecule has 0 spiro atoms. The molecule has 23 heavy (non-hydrogen) atoms. The van der Waals surface area contributed by atoms with Crippen molar-refractivity contribution in [1.82, 2.24) is 10.2 Å². The van der Waals surface area contributed by atoms with Crippen LogP contribution in [0.4, 0.5) is 0 Å². The summed E-state index contributed by atoms with van der Waals surface area (Å²) in [4.78, 5) is 14.5. The minimum absolute atomic E-state index is 0.0951. The Morgan fingerprint density at radius 1 is 1.17 bits per heavy atom. The van der Waals surface area contributed by atoms with E-state index in [1.807, 2.05) is 13.8 Å². The molecule has 2 rings (SSSR count). The largest absolute Gasteiger partial charge is 0.490 e. The van der Waals surface area contributed by atoms with E-state index in [-0.39, 0.29) is 5.91 Å². The maximum absolute atomic E-state index is 12.3. The second kappa shape index (κ2) is 9.37. The van der Waals surface area contributed by atoms with Crippen molar-refractivity contribution in [3.8, 4) is 11.5 Å². The van der Waals surface area contributed by atoms with Crippen LogP contribution in [-0.2, 0) is 4.74 Å². The molecule has 1 aromatic carbocycles. The van der Waals surface area contributed by atoms with Crippen LogP contribution in [0.5, 0.6) is 11.5 Å². The standard InChI is InChI=1S/C17H26N2O4/c1-3-22-15-6-5-14(13-16(15)23-4-2)17(20)18-7-8-19-9-11-21-12-10-19/h5-6,13H,3-4,7-12H2,1-2H3,(H,18,20). The second-order valence-corrected chi connectivity index (χ2v) is 5.24. The lowest BCUT2D eigenvalue weighted by atomic mass is 10.2. The van der Waals surface area contributed by atoms with Crippen molar-refractivity contribution >= 4 is 5.91 Å². The number of hydrogen-bond donors (Lipinski definition) is 1. The van der Waals surface area contributed by atoms with Gasteiger partial charge < -0.3 is 19.5 Å². The summed E-state index contributed by atoms with van der Waals surface area (Å²) in [7, 11) is 0. The average Bonchev–Trinajstić information content (AvgIpc) is 2.58. The monoisotopic (exact) mass is 322 g/mol. The molecule has 0 bridgehead atoms. The zero-order valence-electron chi connectivity index (χ0n) is 14.0. The van der Waals surface area contributed by atoms with Gasteiger partial charge in [0.2, 0.25) is 0 Å². The van der Waals surface area contributed by atoms with E-state index in [0.29, 0.717) is 36.8 Å². The first-order chi connectivity index (χ1) is 11.2. The average molecular weight is 322 g/mol. The topological polar surface area (TPSA) is 60.0 Å². The molecule has 0 aromatic heterocycles. The number of morpholine rings is 1. The Labute approximate surface area is 137 Å². The zero-order valence-corrected chi connectivity index (χ0v) is 14.0. The molecule has 1 aromatic rings. The number of nitrogens with one attached hydrogen (secondary N) is 1. The lowest BCUT2D eigenvalue weighted by Crippen LogP contribution is -2.41. The number of carbonyl (C=O) groups excluding carboxylic acids is 1. The molecule has 128 valence electrons. The minimum atomic E-state index is -0.0951. The molecular weight excluding hydrogens is 296 g/mol. The molecule has 1 aliphatic rings. The summed E-state index contributed by atoms with van der Waals surface area (Å²) >= 11 is 0. The Morgan fingerprint density at radius 3 is 2.57 bits per heavy atom. The van der Waals surface area contributed by atoms with Crippen molar-refractivity contribution in [3.63, 3.8) is 0 Å². The lowest BCUT2D eigenvalue weighted by Gasteiger charge is -2.26. The van der Waals surface area contributed by atoms with E-state index in [1.165, 1.54) is 0 Å². The zero-order chi connectivity index (χ0) is 16.5. The fraction of sp³-hybridized carbons (Fsp3) is 0.588. The van der Waals surface area contributed by atoms with Gasteiger partial charge in [0.05, 0.1) is 26.4 Å². The highest BCUT2D eigenvalue weighted by Gasteiger charge is 2.13. The van der Waals surface area contributed by atoms with Gasteiger partial charge in [-0.25, -0.2) is 0 Å². The molecule has 1 saturated heterocycles. The Balaban J connectivity index is 1.88. The Bertz CT molecular complexity index is 501. The molecule has 1 N–H and O–H groups in total. The van der Waals surface area contributed by atoms with E-state index in [9.17, 15) is 4.79 Å². The fourth-order valence-corrected chi connectivity index (χ4v) is 2.45. The molecule has 0 aliphatic carbocycles. The van der Waals surface area contributed by atoms with Gasteiger partial charge in [-0.05, 0) is 32.0 Å². The van der Waals surface area contributed by atoms with Gasteiger partial charge >= 0.3 is 0 Å². The van der Waals surface area contributed by atoms with Crippen molar-refractivity contribution in [3.05, 3.63) is 23.8 Å². The summed E-state index contributed by atoms with van der Waals surface area (Å²) in [6.07, 6.45) is 0. The smallest absolute Gasteiger partial charge is 0.251 e. The number of ether oxygens (including phenoxy) is 3. The summed E-state index contributed by atoms with van der Waals surface area (Å²) < 4.78 is 16.4. The number of carbonyl (C=O) groups is 1. The molecule has 6 nitrogen and oxygen atoms in total. The van der Waals surface area contributed by atoms with E-state index in [0.717, 1.165) is 32.8 Å². The molecule has 0 atom stereocenters. The third-order valence-corrected chi connectivity index (χ3v) is 3.62. The van der Waals surface area contributed by atoms with Crippen LogP contribution >= 0.6 is 0 Å². The summed E-state index contributed by atoms with van der Waals surface area (Å²) in [6, 6.07) is 5.28. The summed E-state index contributed by atoms with van der Waals surface area (Å²) in [5, 5.41) is 2.95. The van der Waals surface area contributed by atoms with Gasteiger partial charge in [-0.3, -0.25) is 9.69 Å². The quantitative estimate of drug-likeness (QED) is 0.787. The Morgan fingerprint density at radius 2 is 1.87 bits per heavy atom. The molecule has 1 aliphatic heterocycles. The number of hydrogen-bond acceptors (Lipinski definition) is 5. The van der Waals surface area contributed by atoms with Crippen LogP contribution < -0.4 is 14.8 Å². The first-order valence-electron chi connectivity index (χ1n) is 8.22. The van der Waals surface area contributed by atoms with Crippen LogP contribution in [0.2, 0.25) is 0 Å². The van der Waals surface area contributed by atoms with Crippen LogP contribution in [0.3, 0.4) is 0 Å². The Kier molecular flexibility index (Phi) is 7.16. The third-order valence-electron chi connectivity index (χ3n) is 3.62. The number of benzene rings is 1. The van der Waals surface area contributed by atoms with E-state index in [1.54, 1.807) is 18.2 Å². The minimum Gasteiger partial charge on any atom is -0.490 e. The fourth-order valence-electron chi connectivity index (χ4n) is 2.45. The Hall–Kier alpha value is -1.79. The van der Waals surface area contributed by atoms with E-state index in [2.05, 4.69) is 10.2 Å². The number of nitrogens with zero attached hydrogens (tertiary/aromatic N) is 1. The molecule has 0 saturated carbocycles. The first-order valence-corrected chi connectivity index (χ1v) is 8.22. The molecular formula is C17H26N2O4. The SMILES string of the molecule is CCOc1ccc(C(=O)NCCN2CCOCC2)cc1OCC. The third kappa shape index (κ3) is 5.41. The lowest BCUT2D eigenvalue weighted by molar-refractivity contribution is 0.0383. The maximum atomic E-state index is 12.3. The van der Waals surface area contributed by atoms with Crippen molar-refractivity contribution in [2.24, 2.45) is 0 Å². The van der Waals surface area contributed by atoms with Crippen LogP contribution in [0.1, 0.15) is 24.2 Å². The molecule has 6 heteroatoms. The van der Waals surface area contributed by atoms with Crippen molar-refractivity contribution in [2.45, 2.75) is 13.8 Å². The van der Waals surface area contributed by atoms with E-state index in [4.69, 9.17) is 14.2 Å². The van der Waals surface area contributed by atoms with Gasteiger partial charge in [-0.2, -0.15) is 0 Å². The molecule has 1 heterocycles. The van der Waals surface area contributed by atoms with E-state index >= 15 is 0 Å². The number of amides is 1. The number of rotatable bonds is 8. The molecule has 0 unspecified atom stereocenters. The van der Waals surface area contributed by atoms with Gasteiger partial charge in [0.15, 0.2) is 11.5 Å². The van der Waals surface area contributed by atoms with Crippen LogP contribution in [0.25, 0.3) is 0 Å². The molecule has 1 amide bonds. The van der Waals surface area contributed by atoms with E-state index < -0.39 is 0 Å². The van der Waals surface area contributed by atoms with Gasteiger partial charge in [0, 0.05) is 31.7 Å². The first kappa shape index (κ1) is 17.6. The summed E-state index contributed by atoms with van der Waals surface area (Å²) in [5.74, 6) is 1.18.